The van der Waals surface area contributed by atoms with E-state index in [2.05, 4.69) is 20.9 Å². The highest BCUT2D eigenvalue weighted by molar-refractivity contribution is 5.94. The molecular formula is C21H37N9O9. The molecule has 39 heavy (non-hydrogen) atoms. The highest BCUT2D eigenvalue weighted by Gasteiger charge is 2.30. The molecule has 0 aliphatic heterocycles. The molecule has 0 aliphatic carbocycles. The van der Waals surface area contributed by atoms with Gasteiger partial charge in [0.25, 0.3) is 0 Å². The smallest absolute Gasteiger partial charge is 0.326 e. The van der Waals surface area contributed by atoms with E-state index in [9.17, 15) is 38.7 Å². The van der Waals surface area contributed by atoms with E-state index in [1.807, 2.05) is 0 Å². The lowest BCUT2D eigenvalue weighted by atomic mass is 10.0. The molecule has 0 aromatic carbocycles. The highest BCUT2D eigenvalue weighted by Crippen LogP contribution is 2.06. The zero-order valence-electron chi connectivity index (χ0n) is 21.3. The third-order valence-corrected chi connectivity index (χ3v) is 5.19. The standard InChI is InChI=1S/C21H37N9O9/c22-10(3-6-14(23)31)17(35)28-11(2-1-9-27-21(25)26)18(36)29-12(4-7-15(24)32)19(37)30-13(20(38)39)5-8-16(33)34/h10-13H,1-9,22H2,(H2,23,31)(H2,24,32)(H,28,35)(H,29,36)(H,30,37)(H,33,34)(H,38,39)(H4,25,26,27). The number of nitrogens with one attached hydrogen (secondary N) is 3. The molecule has 0 fully saturated rings. The minimum atomic E-state index is -1.60. The summed E-state index contributed by atoms with van der Waals surface area (Å²) in [6.45, 7) is 0.0885. The molecule has 5 amide bonds. The second kappa shape index (κ2) is 17.9. The number of carbonyl (C=O) groups is 7. The number of carbonyl (C=O) groups excluding carboxylic acids is 5. The van der Waals surface area contributed by atoms with Gasteiger partial charge in [0.05, 0.1) is 6.04 Å². The average Bonchev–Trinajstić information content (AvgIpc) is 2.83. The first kappa shape index (κ1) is 34.5. The fourth-order valence-electron chi connectivity index (χ4n) is 3.11. The number of guanidine groups is 1. The van der Waals surface area contributed by atoms with Gasteiger partial charge in [-0.3, -0.25) is 33.8 Å². The molecule has 0 saturated heterocycles. The van der Waals surface area contributed by atoms with E-state index < -0.39 is 78.5 Å². The Hall–Kier alpha value is -4.48. The van der Waals surface area contributed by atoms with Gasteiger partial charge in [-0.1, -0.05) is 0 Å². The molecule has 18 heteroatoms. The van der Waals surface area contributed by atoms with Gasteiger partial charge in [0.2, 0.25) is 29.5 Å². The molecule has 220 valence electrons. The predicted molar refractivity (Wildman–Crippen MR) is 135 cm³/mol. The molecule has 4 unspecified atom stereocenters. The lowest BCUT2D eigenvalue weighted by molar-refractivity contribution is -0.143. The van der Waals surface area contributed by atoms with Crippen molar-refractivity contribution < 1.29 is 43.8 Å². The number of hydrogen-bond donors (Lipinski definition) is 10. The summed E-state index contributed by atoms with van der Waals surface area (Å²) >= 11 is 0. The highest BCUT2D eigenvalue weighted by atomic mass is 16.4. The van der Waals surface area contributed by atoms with Crippen molar-refractivity contribution in [1.82, 2.24) is 16.0 Å². The zero-order valence-corrected chi connectivity index (χ0v) is 21.3. The van der Waals surface area contributed by atoms with Crippen LogP contribution in [0.15, 0.2) is 4.99 Å². The van der Waals surface area contributed by atoms with Crippen LogP contribution in [0.2, 0.25) is 0 Å². The summed E-state index contributed by atoms with van der Waals surface area (Å²) in [6, 6.07) is -5.54. The van der Waals surface area contributed by atoms with Crippen LogP contribution in [0.3, 0.4) is 0 Å². The molecule has 0 radical (unpaired) electrons. The Balaban J connectivity index is 5.71. The summed E-state index contributed by atoms with van der Waals surface area (Å²) in [5, 5.41) is 25.0. The summed E-state index contributed by atoms with van der Waals surface area (Å²) in [7, 11) is 0. The van der Waals surface area contributed by atoms with E-state index in [0.29, 0.717) is 0 Å². The topological polar surface area (TPSA) is 338 Å². The van der Waals surface area contributed by atoms with Gasteiger partial charge in [-0.25, -0.2) is 4.79 Å². The Labute approximate surface area is 223 Å². The summed E-state index contributed by atoms with van der Waals surface area (Å²) in [6.07, 6.45) is -1.82. The van der Waals surface area contributed by atoms with E-state index in [0.717, 1.165) is 0 Å². The molecule has 0 aromatic heterocycles. The molecule has 0 saturated carbocycles. The van der Waals surface area contributed by atoms with Crippen LogP contribution in [-0.4, -0.2) is 88.4 Å². The zero-order chi connectivity index (χ0) is 30.1. The SMILES string of the molecule is NC(=O)CCC(N)C(=O)NC(CCCN=C(N)N)C(=O)NC(CCC(N)=O)C(=O)NC(CCC(=O)O)C(=O)O. The summed E-state index contributed by atoms with van der Waals surface area (Å²) in [5.41, 5.74) is 26.5. The number of nitrogens with zero attached hydrogens (tertiary/aromatic N) is 1. The third-order valence-electron chi connectivity index (χ3n) is 5.19. The van der Waals surface area contributed by atoms with Gasteiger partial charge in [-0.05, 0) is 32.1 Å². The van der Waals surface area contributed by atoms with Gasteiger partial charge in [-0.2, -0.15) is 0 Å². The van der Waals surface area contributed by atoms with Crippen LogP contribution in [0.4, 0.5) is 0 Å². The minimum absolute atomic E-state index is 0.0303. The van der Waals surface area contributed by atoms with Crippen molar-refractivity contribution >= 4 is 47.4 Å². The van der Waals surface area contributed by atoms with Gasteiger partial charge in [-0.15, -0.1) is 0 Å². The molecule has 0 bridgehead atoms. The van der Waals surface area contributed by atoms with Crippen LogP contribution in [0, 0.1) is 0 Å². The van der Waals surface area contributed by atoms with Crippen LogP contribution < -0.4 is 44.6 Å². The second-order valence-electron chi connectivity index (χ2n) is 8.52. The van der Waals surface area contributed by atoms with Crippen LogP contribution in [0.1, 0.15) is 51.4 Å². The van der Waals surface area contributed by atoms with Crippen molar-refractivity contribution in [1.29, 1.82) is 0 Å². The van der Waals surface area contributed by atoms with Crippen molar-refractivity contribution in [3.8, 4) is 0 Å². The van der Waals surface area contributed by atoms with Gasteiger partial charge in [0, 0.05) is 25.8 Å². The molecular weight excluding hydrogens is 522 g/mol. The molecule has 0 aliphatic rings. The van der Waals surface area contributed by atoms with Crippen molar-refractivity contribution in [2.75, 3.05) is 6.54 Å². The molecule has 0 heterocycles. The van der Waals surface area contributed by atoms with Crippen molar-refractivity contribution in [2.45, 2.75) is 75.5 Å². The number of carboxylic acid groups (broad SMARTS) is 2. The first-order chi connectivity index (χ1) is 18.1. The van der Waals surface area contributed by atoms with Gasteiger partial charge in [0.15, 0.2) is 5.96 Å². The summed E-state index contributed by atoms with van der Waals surface area (Å²) < 4.78 is 0. The van der Waals surface area contributed by atoms with Gasteiger partial charge in [0.1, 0.15) is 18.1 Å². The summed E-state index contributed by atoms with van der Waals surface area (Å²) in [5.74, 6) is -7.21. The fourth-order valence-corrected chi connectivity index (χ4v) is 3.11. The van der Waals surface area contributed by atoms with Crippen molar-refractivity contribution in [3.63, 3.8) is 0 Å². The molecule has 0 rings (SSSR count). The molecule has 0 aromatic rings. The van der Waals surface area contributed by atoms with Crippen LogP contribution >= 0.6 is 0 Å². The molecule has 18 nitrogen and oxygen atoms in total. The normalized spacial score (nSPS) is 13.6. The number of amides is 5. The Morgan fingerprint density at radius 3 is 1.59 bits per heavy atom. The maximum atomic E-state index is 13.1. The van der Waals surface area contributed by atoms with Crippen LogP contribution in [-0.2, 0) is 33.6 Å². The van der Waals surface area contributed by atoms with E-state index in [-0.39, 0.29) is 51.0 Å². The van der Waals surface area contributed by atoms with Gasteiger partial charge >= 0.3 is 11.9 Å². The predicted octanol–water partition coefficient (Wildman–Crippen LogP) is -4.70. The first-order valence-electron chi connectivity index (χ1n) is 11.9. The van der Waals surface area contributed by atoms with Crippen LogP contribution in [0.5, 0.6) is 0 Å². The second-order valence-corrected chi connectivity index (χ2v) is 8.52. The Morgan fingerprint density at radius 1 is 0.641 bits per heavy atom. The first-order valence-corrected chi connectivity index (χ1v) is 11.9. The van der Waals surface area contributed by atoms with Crippen molar-refractivity contribution in [2.24, 2.45) is 33.7 Å². The van der Waals surface area contributed by atoms with Gasteiger partial charge < -0.3 is 54.8 Å². The number of carboxylic acids is 2. The monoisotopic (exact) mass is 559 g/mol. The number of hydrogen-bond acceptors (Lipinski definition) is 9. The third kappa shape index (κ3) is 16.1. The van der Waals surface area contributed by atoms with E-state index >= 15 is 0 Å². The maximum absolute atomic E-state index is 13.1. The number of primary amides is 2. The maximum Gasteiger partial charge on any atom is 0.326 e. The summed E-state index contributed by atoms with van der Waals surface area (Å²) in [4.78, 5) is 86.7. The van der Waals surface area contributed by atoms with E-state index in [1.54, 1.807) is 0 Å². The average molecular weight is 560 g/mol. The Kier molecular flexibility index (Phi) is 15.8. The Morgan fingerprint density at radius 2 is 1.10 bits per heavy atom. The van der Waals surface area contributed by atoms with Crippen LogP contribution in [0.25, 0.3) is 0 Å². The van der Waals surface area contributed by atoms with E-state index in [1.165, 1.54) is 0 Å². The molecule has 15 N–H and O–H groups in total. The molecule has 4 atom stereocenters. The number of aliphatic imine (C=N–C) groups is 1. The fraction of sp³-hybridized carbons (Fsp3) is 0.619. The Bertz CT molecular complexity index is 938. The lowest BCUT2D eigenvalue weighted by Gasteiger charge is -2.25. The number of aliphatic carboxylic acids is 2. The molecule has 0 spiro atoms. The lowest BCUT2D eigenvalue weighted by Crippen LogP contribution is -2.57. The minimum Gasteiger partial charge on any atom is -0.481 e. The van der Waals surface area contributed by atoms with E-state index in [4.69, 9.17) is 33.8 Å². The quantitative estimate of drug-likeness (QED) is 0.0382. The number of rotatable bonds is 20. The number of nitrogens with two attached hydrogens (primary N) is 5. The largest absolute Gasteiger partial charge is 0.481 e. The van der Waals surface area contributed by atoms with Crippen molar-refractivity contribution in [3.05, 3.63) is 0 Å².